The molecule has 1 N–H and O–H groups in total. The third-order valence-corrected chi connectivity index (χ3v) is 2.71. The van der Waals surface area contributed by atoms with Crippen LogP contribution in [0.2, 0.25) is 0 Å². The standard InChI is InChI=1S/C13H18N4/c1-10(2)14-8-11-6-4-5-7-12(11)13-9-15-16-17(13)3/h4-7,9-10,14H,8H2,1-3H3. The summed E-state index contributed by atoms with van der Waals surface area (Å²) in [4.78, 5) is 0. The minimum absolute atomic E-state index is 0.479. The van der Waals surface area contributed by atoms with Gasteiger partial charge in [0, 0.05) is 25.2 Å². The summed E-state index contributed by atoms with van der Waals surface area (Å²) in [5.41, 5.74) is 3.51. The van der Waals surface area contributed by atoms with Gasteiger partial charge in [0.2, 0.25) is 0 Å². The van der Waals surface area contributed by atoms with Crippen molar-refractivity contribution in [2.45, 2.75) is 26.4 Å². The topological polar surface area (TPSA) is 42.7 Å². The largest absolute Gasteiger partial charge is 0.310 e. The molecule has 0 aliphatic heterocycles. The van der Waals surface area contributed by atoms with Gasteiger partial charge in [-0.05, 0) is 5.56 Å². The second kappa shape index (κ2) is 5.10. The second-order valence-corrected chi connectivity index (χ2v) is 4.44. The van der Waals surface area contributed by atoms with Gasteiger partial charge < -0.3 is 5.32 Å². The average molecular weight is 230 g/mol. The fourth-order valence-corrected chi connectivity index (χ4v) is 1.77. The number of hydrogen-bond acceptors (Lipinski definition) is 3. The maximum Gasteiger partial charge on any atom is 0.0885 e. The Labute approximate surface area is 102 Å². The molecule has 0 spiro atoms. The molecule has 90 valence electrons. The van der Waals surface area contributed by atoms with E-state index in [-0.39, 0.29) is 0 Å². The molecule has 0 aliphatic carbocycles. The molecular weight excluding hydrogens is 212 g/mol. The van der Waals surface area contributed by atoms with Crippen molar-refractivity contribution >= 4 is 0 Å². The normalized spacial score (nSPS) is 11.1. The number of nitrogens with zero attached hydrogens (tertiary/aromatic N) is 3. The molecule has 0 amide bonds. The number of aryl methyl sites for hydroxylation is 1. The second-order valence-electron chi connectivity index (χ2n) is 4.44. The highest BCUT2D eigenvalue weighted by atomic mass is 15.4. The minimum Gasteiger partial charge on any atom is -0.310 e. The zero-order chi connectivity index (χ0) is 12.3. The maximum atomic E-state index is 3.98. The zero-order valence-electron chi connectivity index (χ0n) is 10.5. The summed E-state index contributed by atoms with van der Waals surface area (Å²) < 4.78 is 1.80. The third kappa shape index (κ3) is 2.71. The Kier molecular flexibility index (Phi) is 3.54. The Hall–Kier alpha value is -1.68. The van der Waals surface area contributed by atoms with E-state index in [0.717, 1.165) is 12.2 Å². The summed E-state index contributed by atoms with van der Waals surface area (Å²) in [7, 11) is 1.91. The lowest BCUT2D eigenvalue weighted by Gasteiger charge is -2.12. The van der Waals surface area contributed by atoms with Crippen molar-refractivity contribution in [1.29, 1.82) is 0 Å². The molecule has 0 atom stereocenters. The molecule has 0 aliphatic rings. The van der Waals surface area contributed by atoms with Crippen LogP contribution in [-0.2, 0) is 13.6 Å². The van der Waals surface area contributed by atoms with Crippen LogP contribution in [0, 0.1) is 0 Å². The Morgan fingerprint density at radius 2 is 2.06 bits per heavy atom. The van der Waals surface area contributed by atoms with Crippen LogP contribution >= 0.6 is 0 Å². The van der Waals surface area contributed by atoms with E-state index in [9.17, 15) is 0 Å². The monoisotopic (exact) mass is 230 g/mol. The Morgan fingerprint density at radius 3 is 2.71 bits per heavy atom. The molecule has 0 radical (unpaired) electrons. The van der Waals surface area contributed by atoms with Crippen LogP contribution in [0.15, 0.2) is 30.5 Å². The van der Waals surface area contributed by atoms with E-state index in [1.54, 1.807) is 10.9 Å². The van der Waals surface area contributed by atoms with Gasteiger partial charge in [0.1, 0.15) is 0 Å². The van der Waals surface area contributed by atoms with Crippen LogP contribution in [0.5, 0.6) is 0 Å². The highest BCUT2D eigenvalue weighted by Gasteiger charge is 2.08. The van der Waals surface area contributed by atoms with Crippen LogP contribution in [0.1, 0.15) is 19.4 Å². The van der Waals surface area contributed by atoms with Gasteiger partial charge in [-0.1, -0.05) is 43.3 Å². The van der Waals surface area contributed by atoms with E-state index >= 15 is 0 Å². The number of hydrogen-bond donors (Lipinski definition) is 1. The predicted molar refractivity (Wildman–Crippen MR) is 68.4 cm³/mol. The van der Waals surface area contributed by atoms with Crippen molar-refractivity contribution in [3.8, 4) is 11.3 Å². The van der Waals surface area contributed by atoms with E-state index in [0.29, 0.717) is 6.04 Å². The van der Waals surface area contributed by atoms with E-state index in [1.165, 1.54) is 11.1 Å². The molecule has 2 rings (SSSR count). The van der Waals surface area contributed by atoms with Crippen molar-refractivity contribution in [2.75, 3.05) is 0 Å². The van der Waals surface area contributed by atoms with Gasteiger partial charge in [-0.3, -0.25) is 0 Å². The fraction of sp³-hybridized carbons (Fsp3) is 0.385. The number of rotatable bonds is 4. The number of aromatic nitrogens is 3. The Bertz CT molecular complexity index is 488. The van der Waals surface area contributed by atoms with Crippen LogP contribution in [0.4, 0.5) is 0 Å². The Balaban J connectivity index is 2.31. The van der Waals surface area contributed by atoms with Crippen molar-refractivity contribution < 1.29 is 0 Å². The first kappa shape index (κ1) is 11.8. The van der Waals surface area contributed by atoms with E-state index in [4.69, 9.17) is 0 Å². The first-order valence-electron chi connectivity index (χ1n) is 5.85. The van der Waals surface area contributed by atoms with Crippen molar-refractivity contribution in [3.63, 3.8) is 0 Å². The summed E-state index contributed by atoms with van der Waals surface area (Å²) in [6.45, 7) is 5.15. The van der Waals surface area contributed by atoms with Gasteiger partial charge in [-0.2, -0.15) is 0 Å². The molecular formula is C13H18N4. The van der Waals surface area contributed by atoms with E-state index in [1.807, 2.05) is 13.1 Å². The molecule has 0 fully saturated rings. The molecule has 1 aromatic carbocycles. The van der Waals surface area contributed by atoms with Crippen LogP contribution in [-0.4, -0.2) is 21.0 Å². The first-order valence-corrected chi connectivity index (χ1v) is 5.85. The third-order valence-electron chi connectivity index (χ3n) is 2.71. The Morgan fingerprint density at radius 1 is 1.29 bits per heavy atom. The molecule has 0 unspecified atom stereocenters. The fourth-order valence-electron chi connectivity index (χ4n) is 1.77. The highest BCUT2D eigenvalue weighted by molar-refractivity contribution is 5.62. The molecule has 4 heteroatoms. The van der Waals surface area contributed by atoms with Gasteiger partial charge in [0.25, 0.3) is 0 Å². The minimum atomic E-state index is 0.479. The van der Waals surface area contributed by atoms with Gasteiger partial charge in [-0.15, -0.1) is 5.10 Å². The van der Waals surface area contributed by atoms with Gasteiger partial charge in [0.15, 0.2) is 0 Å². The maximum absolute atomic E-state index is 3.98. The van der Waals surface area contributed by atoms with Crippen LogP contribution < -0.4 is 5.32 Å². The molecule has 4 nitrogen and oxygen atoms in total. The molecule has 1 heterocycles. The number of nitrogens with one attached hydrogen (secondary N) is 1. The summed E-state index contributed by atoms with van der Waals surface area (Å²) in [6.07, 6.45) is 1.80. The van der Waals surface area contributed by atoms with Crippen LogP contribution in [0.3, 0.4) is 0 Å². The molecule has 0 saturated carbocycles. The van der Waals surface area contributed by atoms with Crippen molar-refractivity contribution in [3.05, 3.63) is 36.0 Å². The molecule has 1 aromatic heterocycles. The van der Waals surface area contributed by atoms with Gasteiger partial charge in [-0.25, -0.2) is 4.68 Å². The molecule has 2 aromatic rings. The van der Waals surface area contributed by atoms with Crippen molar-refractivity contribution in [1.82, 2.24) is 20.3 Å². The molecule has 17 heavy (non-hydrogen) atoms. The predicted octanol–water partition coefficient (Wildman–Crippen LogP) is 1.98. The number of benzene rings is 1. The van der Waals surface area contributed by atoms with Gasteiger partial charge >= 0.3 is 0 Å². The highest BCUT2D eigenvalue weighted by Crippen LogP contribution is 2.21. The summed E-state index contributed by atoms with van der Waals surface area (Å²) in [5.74, 6) is 0. The zero-order valence-corrected chi connectivity index (χ0v) is 10.5. The first-order chi connectivity index (χ1) is 8.18. The van der Waals surface area contributed by atoms with Crippen LogP contribution in [0.25, 0.3) is 11.3 Å². The smallest absolute Gasteiger partial charge is 0.0885 e. The SMILES string of the molecule is CC(C)NCc1ccccc1-c1cnnn1C. The summed E-state index contributed by atoms with van der Waals surface area (Å²) in [5, 5.41) is 11.3. The van der Waals surface area contributed by atoms with Crippen molar-refractivity contribution in [2.24, 2.45) is 7.05 Å². The molecule has 0 saturated heterocycles. The van der Waals surface area contributed by atoms with E-state index in [2.05, 4.69) is 47.7 Å². The van der Waals surface area contributed by atoms with E-state index < -0.39 is 0 Å². The summed E-state index contributed by atoms with van der Waals surface area (Å²) >= 11 is 0. The quantitative estimate of drug-likeness (QED) is 0.873. The summed E-state index contributed by atoms with van der Waals surface area (Å²) in [6, 6.07) is 8.83. The average Bonchev–Trinajstić information content (AvgIpc) is 2.73. The lowest BCUT2D eigenvalue weighted by molar-refractivity contribution is 0.589. The molecule has 0 bridgehead atoms. The lowest BCUT2D eigenvalue weighted by atomic mass is 10.0. The lowest BCUT2D eigenvalue weighted by Crippen LogP contribution is -2.22. The van der Waals surface area contributed by atoms with Gasteiger partial charge in [0.05, 0.1) is 11.9 Å².